The molecule has 2 rings (SSSR count). The summed E-state index contributed by atoms with van der Waals surface area (Å²) in [5, 5.41) is 2.92. The van der Waals surface area contributed by atoms with E-state index in [2.05, 4.69) is 10.3 Å². The van der Waals surface area contributed by atoms with Crippen LogP contribution in [0, 0.1) is 13.8 Å². The molecule has 8 heteroatoms. The molecule has 0 saturated heterocycles. The average molecular weight is 317 g/mol. The van der Waals surface area contributed by atoms with Gasteiger partial charge in [-0.25, -0.2) is 4.98 Å². The van der Waals surface area contributed by atoms with Gasteiger partial charge in [-0.2, -0.15) is 13.2 Å². The minimum absolute atomic E-state index is 0.202. The quantitative estimate of drug-likeness (QED) is 0.913. The van der Waals surface area contributed by atoms with Crippen LogP contribution in [-0.4, -0.2) is 23.6 Å². The van der Waals surface area contributed by atoms with E-state index in [4.69, 9.17) is 5.73 Å². The highest BCUT2D eigenvalue weighted by Crippen LogP contribution is 2.34. The molecule has 2 heterocycles. The van der Waals surface area contributed by atoms with E-state index in [-0.39, 0.29) is 10.6 Å². The molecule has 2 aromatic heterocycles. The molecule has 2 aromatic rings. The fourth-order valence-electron chi connectivity index (χ4n) is 2.04. The van der Waals surface area contributed by atoms with E-state index in [0.717, 1.165) is 22.6 Å². The molecule has 0 radical (unpaired) electrons. The van der Waals surface area contributed by atoms with Gasteiger partial charge in [0.1, 0.15) is 9.71 Å². The van der Waals surface area contributed by atoms with E-state index in [1.54, 1.807) is 0 Å². The first-order valence-corrected chi connectivity index (χ1v) is 7.02. The fourth-order valence-corrected chi connectivity index (χ4v) is 3.17. The Morgan fingerprint density at radius 1 is 1.43 bits per heavy atom. The van der Waals surface area contributed by atoms with Gasteiger partial charge in [-0.3, -0.25) is 4.79 Å². The van der Waals surface area contributed by atoms with Crippen LogP contribution < -0.4 is 11.1 Å². The predicted octanol–water partition coefficient (Wildman–Crippen LogP) is 3.18. The van der Waals surface area contributed by atoms with Crippen molar-refractivity contribution in [2.24, 2.45) is 0 Å². The van der Waals surface area contributed by atoms with Crippen LogP contribution in [0.1, 0.15) is 27.3 Å². The lowest BCUT2D eigenvalue weighted by Gasteiger charge is -2.07. The van der Waals surface area contributed by atoms with E-state index >= 15 is 0 Å². The van der Waals surface area contributed by atoms with E-state index in [1.807, 2.05) is 19.9 Å². The smallest absolute Gasteiger partial charge is 0.390 e. The molecule has 21 heavy (non-hydrogen) atoms. The number of hydrogen-bond donors (Lipinski definition) is 2. The van der Waals surface area contributed by atoms with Gasteiger partial charge < -0.3 is 11.1 Å². The molecule has 0 aliphatic rings. The maximum atomic E-state index is 12.1. The summed E-state index contributed by atoms with van der Waals surface area (Å²) in [5.41, 5.74) is 7.89. The molecule has 1 amide bonds. The number of carbonyl (C=O) groups is 1. The summed E-state index contributed by atoms with van der Waals surface area (Å²) in [5.74, 6) is -0.600. The lowest BCUT2D eigenvalue weighted by Crippen LogP contribution is -2.27. The molecule has 0 spiro atoms. The maximum Gasteiger partial charge on any atom is 0.390 e. The number of aromatic nitrogens is 1. The van der Waals surface area contributed by atoms with Crippen molar-refractivity contribution in [2.45, 2.75) is 26.4 Å². The molecule has 3 N–H and O–H groups in total. The largest absolute Gasteiger partial charge is 0.397 e. The number of fused-ring (bicyclic) bond motifs is 1. The summed E-state index contributed by atoms with van der Waals surface area (Å²) in [6.45, 7) is 3.21. The third-order valence-electron chi connectivity index (χ3n) is 2.92. The number of carbonyl (C=O) groups excluding carboxylic acids is 1. The summed E-state index contributed by atoms with van der Waals surface area (Å²) in [4.78, 5) is 17.1. The number of anilines is 1. The second-order valence-electron chi connectivity index (χ2n) is 4.73. The Balaban J connectivity index is 2.24. The molecule has 0 aromatic carbocycles. The van der Waals surface area contributed by atoms with E-state index in [1.165, 1.54) is 0 Å². The third-order valence-corrected chi connectivity index (χ3v) is 4.02. The highest BCUT2D eigenvalue weighted by Gasteiger charge is 2.27. The molecule has 0 bridgehead atoms. The molecule has 4 nitrogen and oxygen atoms in total. The SMILES string of the molecule is Cc1cc(C)c2c(N)c(C(=O)NCCC(F)(F)F)sc2n1. The number of halogens is 3. The molecule has 0 saturated carbocycles. The van der Waals surface area contributed by atoms with Crippen molar-refractivity contribution in [3.8, 4) is 0 Å². The Bertz CT molecular complexity index is 694. The summed E-state index contributed by atoms with van der Waals surface area (Å²) in [6.07, 6.45) is -5.37. The van der Waals surface area contributed by atoms with Crippen LogP contribution in [0.3, 0.4) is 0 Å². The number of thiophene rings is 1. The van der Waals surface area contributed by atoms with E-state index in [9.17, 15) is 18.0 Å². The molecule has 0 unspecified atom stereocenters. The van der Waals surface area contributed by atoms with Crippen LogP contribution in [0.15, 0.2) is 6.07 Å². The van der Waals surface area contributed by atoms with Crippen molar-refractivity contribution in [3.05, 3.63) is 22.2 Å². The highest BCUT2D eigenvalue weighted by atomic mass is 32.1. The molecule has 0 aliphatic heterocycles. The standard InChI is InChI=1S/C13H14F3N3OS/c1-6-5-7(2)19-12-8(6)9(17)10(21-12)11(20)18-4-3-13(14,15)16/h5H,3-4,17H2,1-2H3,(H,18,20). The van der Waals surface area contributed by atoms with Gasteiger partial charge in [-0.05, 0) is 25.5 Å². The van der Waals surface area contributed by atoms with Crippen molar-refractivity contribution < 1.29 is 18.0 Å². The van der Waals surface area contributed by atoms with Gasteiger partial charge in [0.2, 0.25) is 0 Å². The molecular weight excluding hydrogens is 303 g/mol. The fraction of sp³-hybridized carbons (Fsp3) is 0.385. The van der Waals surface area contributed by atoms with Gasteiger partial charge in [0, 0.05) is 17.6 Å². The van der Waals surface area contributed by atoms with E-state index < -0.39 is 25.0 Å². The zero-order valence-corrected chi connectivity index (χ0v) is 12.3. The van der Waals surface area contributed by atoms with Crippen molar-refractivity contribution in [2.75, 3.05) is 12.3 Å². The summed E-state index contributed by atoms with van der Waals surface area (Å²) < 4.78 is 36.2. The van der Waals surface area contributed by atoms with Crippen LogP contribution in [0.2, 0.25) is 0 Å². The minimum atomic E-state index is -4.30. The summed E-state index contributed by atoms with van der Waals surface area (Å²) in [6, 6.07) is 1.84. The van der Waals surface area contributed by atoms with Gasteiger partial charge >= 0.3 is 6.18 Å². The first-order chi connectivity index (χ1) is 9.69. The number of aryl methyl sites for hydroxylation is 2. The van der Waals surface area contributed by atoms with E-state index in [0.29, 0.717) is 10.2 Å². The lowest BCUT2D eigenvalue weighted by atomic mass is 10.1. The number of nitrogen functional groups attached to an aromatic ring is 1. The molecule has 0 atom stereocenters. The Morgan fingerprint density at radius 3 is 2.71 bits per heavy atom. The third kappa shape index (κ3) is 3.44. The molecule has 0 fully saturated rings. The normalized spacial score (nSPS) is 11.9. The van der Waals surface area contributed by atoms with Crippen molar-refractivity contribution in [1.82, 2.24) is 10.3 Å². The molecule has 114 valence electrons. The number of nitrogens with one attached hydrogen (secondary N) is 1. The van der Waals surface area contributed by atoms with Crippen LogP contribution in [0.5, 0.6) is 0 Å². The Labute approximate surface area is 123 Å². The lowest BCUT2D eigenvalue weighted by molar-refractivity contribution is -0.132. The van der Waals surface area contributed by atoms with Crippen molar-refractivity contribution >= 4 is 33.1 Å². The number of amides is 1. The van der Waals surface area contributed by atoms with Gasteiger partial charge in [0.15, 0.2) is 0 Å². The summed E-state index contributed by atoms with van der Waals surface area (Å²) >= 11 is 1.09. The second kappa shape index (κ2) is 5.51. The van der Waals surface area contributed by atoms with Gasteiger partial charge in [0.25, 0.3) is 5.91 Å². The van der Waals surface area contributed by atoms with Gasteiger partial charge in [-0.15, -0.1) is 11.3 Å². The number of alkyl halides is 3. The predicted molar refractivity (Wildman–Crippen MR) is 76.5 cm³/mol. The zero-order chi connectivity index (χ0) is 15.8. The first-order valence-electron chi connectivity index (χ1n) is 6.20. The topological polar surface area (TPSA) is 68.0 Å². The van der Waals surface area contributed by atoms with Crippen LogP contribution >= 0.6 is 11.3 Å². The van der Waals surface area contributed by atoms with Crippen LogP contribution in [-0.2, 0) is 0 Å². The second-order valence-corrected chi connectivity index (χ2v) is 5.73. The number of rotatable bonds is 3. The highest BCUT2D eigenvalue weighted by molar-refractivity contribution is 7.21. The Hall–Kier alpha value is -1.83. The first kappa shape index (κ1) is 15.6. The van der Waals surface area contributed by atoms with Crippen molar-refractivity contribution in [1.29, 1.82) is 0 Å². The van der Waals surface area contributed by atoms with Crippen molar-refractivity contribution in [3.63, 3.8) is 0 Å². The minimum Gasteiger partial charge on any atom is -0.397 e. The van der Waals surface area contributed by atoms with Crippen LogP contribution in [0.25, 0.3) is 10.2 Å². The molecular formula is C13H14F3N3OS. The average Bonchev–Trinajstić information content (AvgIpc) is 2.64. The maximum absolute atomic E-state index is 12.1. The van der Waals surface area contributed by atoms with Crippen LogP contribution in [0.4, 0.5) is 18.9 Å². The Morgan fingerprint density at radius 2 is 2.10 bits per heavy atom. The number of pyridine rings is 1. The molecule has 0 aliphatic carbocycles. The zero-order valence-electron chi connectivity index (χ0n) is 11.5. The number of hydrogen-bond acceptors (Lipinski definition) is 4. The Kier molecular flexibility index (Phi) is 4.08. The van der Waals surface area contributed by atoms with Gasteiger partial charge in [0.05, 0.1) is 12.1 Å². The number of nitrogens with two attached hydrogens (primary N) is 1. The monoisotopic (exact) mass is 317 g/mol. The summed E-state index contributed by atoms with van der Waals surface area (Å²) in [7, 11) is 0. The number of nitrogens with zero attached hydrogens (tertiary/aromatic N) is 1. The van der Waals surface area contributed by atoms with Gasteiger partial charge in [-0.1, -0.05) is 0 Å².